The molecule has 2 saturated carbocycles. The Morgan fingerprint density at radius 3 is 2.27 bits per heavy atom. The van der Waals surface area contributed by atoms with Crippen molar-refractivity contribution in [3.63, 3.8) is 0 Å². The van der Waals surface area contributed by atoms with E-state index in [0.29, 0.717) is 6.04 Å². The molecule has 0 amide bonds. The molecule has 0 aromatic heterocycles. The maximum Gasteiger partial charge on any atom is 0.00709 e. The summed E-state index contributed by atoms with van der Waals surface area (Å²) in [5, 5.41) is 0. The van der Waals surface area contributed by atoms with Crippen LogP contribution in [0.1, 0.15) is 44.9 Å². The van der Waals surface area contributed by atoms with Crippen molar-refractivity contribution in [3.8, 4) is 0 Å². The Kier molecular flexibility index (Phi) is 2.17. The number of hydrogen-bond donors (Lipinski definition) is 1. The van der Waals surface area contributed by atoms with E-state index in [1.807, 2.05) is 0 Å². The van der Waals surface area contributed by atoms with Crippen LogP contribution in [0, 0.1) is 11.8 Å². The van der Waals surface area contributed by atoms with Crippen LogP contribution in [-0.4, -0.2) is 6.04 Å². The number of hydrogen-bond acceptors (Lipinski definition) is 1. The summed E-state index contributed by atoms with van der Waals surface area (Å²) >= 11 is 0. The molecule has 11 heavy (non-hydrogen) atoms. The largest absolute Gasteiger partial charge is 0.327 e. The van der Waals surface area contributed by atoms with E-state index < -0.39 is 0 Å². The molecular formula is C10H19N. The minimum atomic E-state index is 0.580. The Morgan fingerprint density at radius 1 is 1.09 bits per heavy atom. The number of rotatable bonds is 3. The highest BCUT2D eigenvalue weighted by Gasteiger charge is 2.33. The maximum atomic E-state index is 5.75. The van der Waals surface area contributed by atoms with Gasteiger partial charge in [-0.3, -0.25) is 0 Å². The summed E-state index contributed by atoms with van der Waals surface area (Å²) in [4.78, 5) is 0. The smallest absolute Gasteiger partial charge is 0.00709 e. The summed E-state index contributed by atoms with van der Waals surface area (Å²) in [5.74, 6) is 1.98. The number of nitrogens with two attached hydrogens (primary N) is 1. The van der Waals surface area contributed by atoms with Gasteiger partial charge in [0.25, 0.3) is 0 Å². The van der Waals surface area contributed by atoms with Gasteiger partial charge in [0.2, 0.25) is 0 Å². The van der Waals surface area contributed by atoms with Gasteiger partial charge in [-0.2, -0.15) is 0 Å². The average Bonchev–Trinajstić information content (AvgIpc) is 2.55. The predicted octanol–water partition coefficient (Wildman–Crippen LogP) is 2.30. The topological polar surface area (TPSA) is 26.0 Å². The quantitative estimate of drug-likeness (QED) is 0.661. The Bertz CT molecular complexity index is 127. The van der Waals surface area contributed by atoms with Gasteiger partial charge in [0.1, 0.15) is 0 Å². The Labute approximate surface area is 69.4 Å². The first kappa shape index (κ1) is 7.60. The molecule has 0 unspecified atom stereocenters. The van der Waals surface area contributed by atoms with Crippen molar-refractivity contribution in [3.05, 3.63) is 0 Å². The van der Waals surface area contributed by atoms with Crippen molar-refractivity contribution >= 4 is 0 Å². The lowest BCUT2D eigenvalue weighted by atomic mass is 10.00. The molecule has 0 radical (unpaired) electrons. The molecule has 1 heteroatoms. The molecule has 1 nitrogen and oxygen atoms in total. The molecule has 0 bridgehead atoms. The second kappa shape index (κ2) is 3.14. The van der Waals surface area contributed by atoms with Crippen LogP contribution in [-0.2, 0) is 0 Å². The molecule has 64 valence electrons. The molecule has 2 N–H and O–H groups in total. The fraction of sp³-hybridized carbons (Fsp3) is 1.00. The van der Waals surface area contributed by atoms with Gasteiger partial charge in [-0.25, -0.2) is 0 Å². The van der Waals surface area contributed by atoms with E-state index >= 15 is 0 Å². The zero-order valence-electron chi connectivity index (χ0n) is 7.26. The summed E-state index contributed by atoms with van der Waals surface area (Å²) in [6.07, 6.45) is 10.2. The van der Waals surface area contributed by atoms with Crippen LogP contribution in [0.4, 0.5) is 0 Å². The molecule has 0 aromatic rings. The zero-order chi connectivity index (χ0) is 7.68. The molecular weight excluding hydrogens is 134 g/mol. The molecule has 0 heterocycles. The minimum Gasteiger partial charge on any atom is -0.327 e. The van der Waals surface area contributed by atoms with E-state index in [4.69, 9.17) is 5.73 Å². The second-order valence-corrected chi connectivity index (χ2v) is 4.39. The van der Waals surface area contributed by atoms with Gasteiger partial charge in [0, 0.05) is 6.04 Å². The highest BCUT2D eigenvalue weighted by molar-refractivity contribution is 4.90. The molecule has 0 aromatic carbocycles. The summed E-state index contributed by atoms with van der Waals surface area (Å²) < 4.78 is 0. The highest BCUT2D eigenvalue weighted by Crippen LogP contribution is 2.37. The van der Waals surface area contributed by atoms with Crippen molar-refractivity contribution in [2.75, 3.05) is 0 Å². The van der Waals surface area contributed by atoms with Crippen molar-refractivity contribution in [1.29, 1.82) is 0 Å². The standard InChI is InChI=1S/C10H19N/c11-10-7-9(10)6-5-8-3-1-2-4-8/h8-10H,1-7,11H2/t9-,10-/m1/s1. The Balaban J connectivity index is 1.59. The molecule has 0 aliphatic heterocycles. The van der Waals surface area contributed by atoms with E-state index in [9.17, 15) is 0 Å². The van der Waals surface area contributed by atoms with Gasteiger partial charge in [0.15, 0.2) is 0 Å². The summed E-state index contributed by atoms with van der Waals surface area (Å²) in [6.45, 7) is 0. The van der Waals surface area contributed by atoms with Crippen LogP contribution in [0.3, 0.4) is 0 Å². The first-order chi connectivity index (χ1) is 5.36. The lowest BCUT2D eigenvalue weighted by Crippen LogP contribution is -2.03. The van der Waals surface area contributed by atoms with Crippen molar-refractivity contribution in [2.45, 2.75) is 51.0 Å². The molecule has 2 rings (SSSR count). The summed E-state index contributed by atoms with van der Waals surface area (Å²) in [5.41, 5.74) is 5.75. The Hall–Kier alpha value is -0.0400. The van der Waals surface area contributed by atoms with E-state index in [1.165, 1.54) is 44.9 Å². The summed E-state index contributed by atoms with van der Waals surface area (Å²) in [6, 6.07) is 0.580. The van der Waals surface area contributed by atoms with Crippen LogP contribution >= 0.6 is 0 Å². The van der Waals surface area contributed by atoms with E-state index in [2.05, 4.69) is 0 Å². The van der Waals surface area contributed by atoms with Crippen LogP contribution in [0.5, 0.6) is 0 Å². The third-order valence-electron chi connectivity index (χ3n) is 3.40. The third kappa shape index (κ3) is 1.96. The maximum absolute atomic E-state index is 5.75. The molecule has 2 aliphatic carbocycles. The van der Waals surface area contributed by atoms with Gasteiger partial charge in [-0.15, -0.1) is 0 Å². The van der Waals surface area contributed by atoms with E-state index in [0.717, 1.165) is 11.8 Å². The van der Waals surface area contributed by atoms with E-state index in [1.54, 1.807) is 0 Å². The van der Waals surface area contributed by atoms with Crippen LogP contribution < -0.4 is 5.73 Å². The molecule has 0 saturated heterocycles. The third-order valence-corrected chi connectivity index (χ3v) is 3.40. The average molecular weight is 153 g/mol. The van der Waals surface area contributed by atoms with E-state index in [-0.39, 0.29) is 0 Å². The first-order valence-corrected chi connectivity index (χ1v) is 5.12. The van der Waals surface area contributed by atoms with Crippen molar-refractivity contribution in [1.82, 2.24) is 0 Å². The molecule has 2 aliphatic rings. The fourth-order valence-electron chi connectivity index (χ4n) is 2.35. The fourth-order valence-corrected chi connectivity index (χ4v) is 2.35. The second-order valence-electron chi connectivity index (χ2n) is 4.39. The van der Waals surface area contributed by atoms with Gasteiger partial charge in [-0.05, 0) is 24.7 Å². The van der Waals surface area contributed by atoms with Gasteiger partial charge in [-0.1, -0.05) is 32.1 Å². The SMILES string of the molecule is N[C@@H]1C[C@H]1CCC1CCCC1. The Morgan fingerprint density at radius 2 is 1.73 bits per heavy atom. The normalized spacial score (nSPS) is 37.9. The van der Waals surface area contributed by atoms with Gasteiger partial charge in [0.05, 0.1) is 0 Å². The molecule has 2 fully saturated rings. The van der Waals surface area contributed by atoms with Crippen molar-refractivity contribution in [2.24, 2.45) is 17.6 Å². The van der Waals surface area contributed by atoms with Crippen LogP contribution in [0.25, 0.3) is 0 Å². The lowest BCUT2D eigenvalue weighted by molar-refractivity contribution is 0.462. The van der Waals surface area contributed by atoms with Gasteiger partial charge >= 0.3 is 0 Å². The molecule has 2 atom stereocenters. The minimum absolute atomic E-state index is 0.580. The van der Waals surface area contributed by atoms with Crippen LogP contribution in [0.15, 0.2) is 0 Å². The van der Waals surface area contributed by atoms with Gasteiger partial charge < -0.3 is 5.73 Å². The predicted molar refractivity (Wildman–Crippen MR) is 47.3 cm³/mol. The van der Waals surface area contributed by atoms with Crippen molar-refractivity contribution < 1.29 is 0 Å². The van der Waals surface area contributed by atoms with Crippen LogP contribution in [0.2, 0.25) is 0 Å². The molecule has 0 spiro atoms. The summed E-state index contributed by atoms with van der Waals surface area (Å²) in [7, 11) is 0. The first-order valence-electron chi connectivity index (χ1n) is 5.12. The highest BCUT2D eigenvalue weighted by atomic mass is 14.7. The lowest BCUT2D eigenvalue weighted by Gasteiger charge is -2.06. The monoisotopic (exact) mass is 153 g/mol. The zero-order valence-corrected chi connectivity index (χ0v) is 7.26.